The molecular formula is C14H17N3O. The van der Waals surface area contributed by atoms with Gasteiger partial charge < -0.3 is 10.3 Å². The van der Waals surface area contributed by atoms with Crippen LogP contribution in [0.1, 0.15) is 23.4 Å². The van der Waals surface area contributed by atoms with Gasteiger partial charge in [-0.05, 0) is 24.5 Å². The molecule has 4 nitrogen and oxygen atoms in total. The summed E-state index contributed by atoms with van der Waals surface area (Å²) in [6, 6.07) is 8.14. The summed E-state index contributed by atoms with van der Waals surface area (Å²) >= 11 is 0. The van der Waals surface area contributed by atoms with Crippen molar-refractivity contribution in [1.82, 2.24) is 15.3 Å². The van der Waals surface area contributed by atoms with Gasteiger partial charge in [-0.1, -0.05) is 24.3 Å². The molecule has 1 heterocycles. The first kappa shape index (κ1) is 12.4. The third kappa shape index (κ3) is 3.45. The van der Waals surface area contributed by atoms with Crippen LogP contribution >= 0.6 is 0 Å². The number of rotatable bonds is 5. The number of carbonyl (C=O) groups is 1. The van der Waals surface area contributed by atoms with Crippen LogP contribution in [0.25, 0.3) is 0 Å². The molecule has 0 saturated carbocycles. The van der Waals surface area contributed by atoms with Gasteiger partial charge in [0.25, 0.3) is 0 Å². The molecule has 2 rings (SSSR count). The van der Waals surface area contributed by atoms with Crippen molar-refractivity contribution in [2.75, 3.05) is 0 Å². The lowest BCUT2D eigenvalue weighted by Gasteiger charge is -2.06. The summed E-state index contributed by atoms with van der Waals surface area (Å²) in [5, 5.41) is 2.84. The molecule has 4 heteroatoms. The molecule has 18 heavy (non-hydrogen) atoms. The summed E-state index contributed by atoms with van der Waals surface area (Å²) < 4.78 is 0. The molecule has 0 unspecified atom stereocenters. The largest absolute Gasteiger partial charge is 0.349 e. The van der Waals surface area contributed by atoms with Crippen LogP contribution in [0.15, 0.2) is 36.7 Å². The first-order chi connectivity index (χ1) is 8.75. The van der Waals surface area contributed by atoms with Gasteiger partial charge in [-0.25, -0.2) is 4.98 Å². The van der Waals surface area contributed by atoms with Crippen LogP contribution in [0.3, 0.4) is 0 Å². The van der Waals surface area contributed by atoms with E-state index in [2.05, 4.69) is 34.3 Å². The summed E-state index contributed by atoms with van der Waals surface area (Å²) in [7, 11) is 0. The van der Waals surface area contributed by atoms with Crippen LogP contribution < -0.4 is 5.32 Å². The van der Waals surface area contributed by atoms with Gasteiger partial charge in [0.2, 0.25) is 5.91 Å². The number of hydrogen-bond donors (Lipinski definition) is 2. The van der Waals surface area contributed by atoms with Crippen LogP contribution in [-0.4, -0.2) is 15.9 Å². The fourth-order valence-corrected chi connectivity index (χ4v) is 1.80. The van der Waals surface area contributed by atoms with E-state index < -0.39 is 0 Å². The quantitative estimate of drug-likeness (QED) is 0.843. The van der Waals surface area contributed by atoms with E-state index >= 15 is 0 Å². The van der Waals surface area contributed by atoms with E-state index in [9.17, 15) is 4.79 Å². The molecule has 2 aromatic rings. The van der Waals surface area contributed by atoms with Crippen molar-refractivity contribution in [3.05, 3.63) is 53.6 Å². The first-order valence-electron chi connectivity index (χ1n) is 6.05. The van der Waals surface area contributed by atoms with E-state index in [1.807, 2.05) is 12.1 Å². The molecule has 1 aromatic carbocycles. The standard InChI is InChI=1S/C14H17N3O/c1-11-4-2-3-5-12(11)6-7-14(18)17-10-13-15-8-9-16-13/h2-5,8-9H,6-7,10H2,1H3,(H,15,16)(H,17,18). The highest BCUT2D eigenvalue weighted by Gasteiger charge is 2.04. The summed E-state index contributed by atoms with van der Waals surface area (Å²) in [6.07, 6.45) is 4.70. The lowest BCUT2D eigenvalue weighted by atomic mass is 10.0. The van der Waals surface area contributed by atoms with Crippen molar-refractivity contribution in [3.8, 4) is 0 Å². The number of hydrogen-bond acceptors (Lipinski definition) is 2. The minimum atomic E-state index is 0.0506. The maximum Gasteiger partial charge on any atom is 0.220 e. The average molecular weight is 243 g/mol. The number of aromatic nitrogens is 2. The number of nitrogens with one attached hydrogen (secondary N) is 2. The minimum absolute atomic E-state index is 0.0506. The third-order valence-corrected chi connectivity index (χ3v) is 2.89. The van der Waals surface area contributed by atoms with Gasteiger partial charge in [0, 0.05) is 18.8 Å². The molecule has 0 spiro atoms. The van der Waals surface area contributed by atoms with Crippen LogP contribution in [0.2, 0.25) is 0 Å². The van der Waals surface area contributed by atoms with Crippen molar-refractivity contribution < 1.29 is 4.79 Å². The minimum Gasteiger partial charge on any atom is -0.349 e. The predicted octanol–water partition coefficient (Wildman–Crippen LogP) is 1.97. The zero-order chi connectivity index (χ0) is 12.8. The van der Waals surface area contributed by atoms with E-state index in [1.165, 1.54) is 11.1 Å². The zero-order valence-electron chi connectivity index (χ0n) is 10.4. The molecule has 0 saturated heterocycles. The SMILES string of the molecule is Cc1ccccc1CCC(=O)NCc1ncc[nH]1. The normalized spacial score (nSPS) is 10.3. The summed E-state index contributed by atoms with van der Waals surface area (Å²) in [5.41, 5.74) is 2.46. The number of H-pyrrole nitrogens is 1. The van der Waals surface area contributed by atoms with Crippen molar-refractivity contribution >= 4 is 5.91 Å². The Balaban J connectivity index is 1.77. The van der Waals surface area contributed by atoms with Crippen molar-refractivity contribution in [2.24, 2.45) is 0 Å². The number of imidazole rings is 1. The topological polar surface area (TPSA) is 57.8 Å². The van der Waals surface area contributed by atoms with Gasteiger partial charge >= 0.3 is 0 Å². The van der Waals surface area contributed by atoms with Gasteiger partial charge in [0.15, 0.2) is 0 Å². The first-order valence-corrected chi connectivity index (χ1v) is 6.05. The second-order valence-corrected chi connectivity index (χ2v) is 4.24. The Labute approximate surface area is 106 Å². The molecule has 0 fully saturated rings. The fourth-order valence-electron chi connectivity index (χ4n) is 1.80. The molecule has 0 radical (unpaired) electrons. The van der Waals surface area contributed by atoms with Gasteiger partial charge in [0.1, 0.15) is 5.82 Å². The Morgan fingerprint density at radius 3 is 2.94 bits per heavy atom. The predicted molar refractivity (Wildman–Crippen MR) is 69.9 cm³/mol. The number of benzene rings is 1. The fraction of sp³-hybridized carbons (Fsp3) is 0.286. The van der Waals surface area contributed by atoms with E-state index in [-0.39, 0.29) is 5.91 Å². The molecule has 0 aliphatic carbocycles. The Hall–Kier alpha value is -2.10. The molecule has 0 aliphatic heterocycles. The number of nitrogens with zero attached hydrogens (tertiary/aromatic N) is 1. The monoisotopic (exact) mass is 243 g/mol. The Morgan fingerprint density at radius 2 is 2.22 bits per heavy atom. The smallest absolute Gasteiger partial charge is 0.220 e. The average Bonchev–Trinajstić information content (AvgIpc) is 2.88. The Bertz CT molecular complexity index is 506. The van der Waals surface area contributed by atoms with Crippen LogP contribution in [0.5, 0.6) is 0 Å². The van der Waals surface area contributed by atoms with E-state index in [1.54, 1.807) is 12.4 Å². The van der Waals surface area contributed by atoms with Gasteiger partial charge in [0.05, 0.1) is 6.54 Å². The van der Waals surface area contributed by atoms with Crippen LogP contribution in [-0.2, 0) is 17.8 Å². The summed E-state index contributed by atoms with van der Waals surface area (Å²) in [4.78, 5) is 18.7. The van der Waals surface area contributed by atoms with Gasteiger partial charge in [-0.2, -0.15) is 0 Å². The molecule has 1 amide bonds. The maximum atomic E-state index is 11.7. The summed E-state index contributed by atoms with van der Waals surface area (Å²) in [6.45, 7) is 2.52. The van der Waals surface area contributed by atoms with Crippen molar-refractivity contribution in [1.29, 1.82) is 0 Å². The number of aryl methyl sites for hydroxylation is 2. The third-order valence-electron chi connectivity index (χ3n) is 2.89. The molecule has 0 atom stereocenters. The maximum absolute atomic E-state index is 11.7. The second-order valence-electron chi connectivity index (χ2n) is 4.24. The van der Waals surface area contributed by atoms with Crippen LogP contribution in [0.4, 0.5) is 0 Å². The molecule has 2 N–H and O–H groups in total. The number of carbonyl (C=O) groups excluding carboxylic acids is 1. The van der Waals surface area contributed by atoms with E-state index in [0.717, 1.165) is 12.2 Å². The molecule has 94 valence electrons. The molecular weight excluding hydrogens is 226 g/mol. The summed E-state index contributed by atoms with van der Waals surface area (Å²) in [5.74, 6) is 0.828. The lowest BCUT2D eigenvalue weighted by Crippen LogP contribution is -2.23. The van der Waals surface area contributed by atoms with Crippen molar-refractivity contribution in [2.45, 2.75) is 26.3 Å². The highest BCUT2D eigenvalue weighted by atomic mass is 16.1. The van der Waals surface area contributed by atoms with Gasteiger partial charge in [-0.15, -0.1) is 0 Å². The van der Waals surface area contributed by atoms with Crippen molar-refractivity contribution in [3.63, 3.8) is 0 Å². The zero-order valence-corrected chi connectivity index (χ0v) is 10.4. The van der Waals surface area contributed by atoms with E-state index in [0.29, 0.717) is 13.0 Å². The Morgan fingerprint density at radius 1 is 1.39 bits per heavy atom. The number of aromatic amines is 1. The highest BCUT2D eigenvalue weighted by molar-refractivity contribution is 5.76. The molecule has 0 bridgehead atoms. The lowest BCUT2D eigenvalue weighted by molar-refractivity contribution is -0.121. The highest BCUT2D eigenvalue weighted by Crippen LogP contribution is 2.09. The second kappa shape index (κ2) is 6.00. The van der Waals surface area contributed by atoms with Gasteiger partial charge in [-0.3, -0.25) is 4.79 Å². The Kier molecular flexibility index (Phi) is 4.12. The molecule has 0 aliphatic rings. The van der Waals surface area contributed by atoms with Crippen LogP contribution in [0, 0.1) is 6.92 Å². The number of amides is 1. The van der Waals surface area contributed by atoms with E-state index in [4.69, 9.17) is 0 Å². The molecule has 1 aromatic heterocycles.